The minimum absolute atomic E-state index is 0.00999. The van der Waals surface area contributed by atoms with Crippen LogP contribution in [0.15, 0.2) is 10.8 Å². The van der Waals surface area contributed by atoms with E-state index in [0.29, 0.717) is 0 Å². The van der Waals surface area contributed by atoms with E-state index in [4.69, 9.17) is 5.73 Å². The van der Waals surface area contributed by atoms with Crippen molar-refractivity contribution in [3.05, 3.63) is 21.9 Å². The monoisotopic (exact) mass is 224 g/mol. The number of thiophene rings is 1. The van der Waals surface area contributed by atoms with Crippen molar-refractivity contribution in [2.75, 3.05) is 6.54 Å². The molecule has 1 heterocycles. The molecule has 2 nitrogen and oxygen atoms in total. The van der Waals surface area contributed by atoms with E-state index in [1.165, 1.54) is 24.0 Å². The quantitative estimate of drug-likeness (QED) is 0.805. The summed E-state index contributed by atoms with van der Waals surface area (Å²) in [5.41, 5.74) is 9.03. The Kier molecular flexibility index (Phi) is 3.14. The average Bonchev–Trinajstić information content (AvgIpc) is 2.94. The summed E-state index contributed by atoms with van der Waals surface area (Å²) in [5.74, 6) is 0.744. The lowest BCUT2D eigenvalue weighted by Gasteiger charge is -2.24. The Morgan fingerprint density at radius 3 is 2.80 bits per heavy atom. The Balaban J connectivity index is 1.77. The van der Waals surface area contributed by atoms with Crippen LogP contribution in [0.2, 0.25) is 0 Å². The van der Waals surface area contributed by atoms with Gasteiger partial charge in [-0.2, -0.15) is 11.3 Å². The van der Waals surface area contributed by atoms with Gasteiger partial charge in [-0.3, -0.25) is 0 Å². The van der Waals surface area contributed by atoms with Crippen molar-refractivity contribution in [1.82, 2.24) is 5.32 Å². The largest absolute Gasteiger partial charge is 0.324 e. The predicted octanol–water partition coefficient (Wildman–Crippen LogP) is 2.27. The summed E-state index contributed by atoms with van der Waals surface area (Å²) >= 11 is 1.77. The van der Waals surface area contributed by atoms with E-state index in [1.807, 2.05) is 0 Å². The SMILES string of the molecule is Cc1cscc1CNCC(C)(N)C1CC1. The molecule has 1 aliphatic carbocycles. The maximum Gasteiger partial charge on any atom is 0.0280 e. The lowest BCUT2D eigenvalue weighted by atomic mass is 9.97. The molecule has 3 N–H and O–H groups in total. The highest BCUT2D eigenvalue weighted by Gasteiger charge is 2.37. The van der Waals surface area contributed by atoms with Gasteiger partial charge in [-0.1, -0.05) is 0 Å². The van der Waals surface area contributed by atoms with E-state index < -0.39 is 0 Å². The van der Waals surface area contributed by atoms with Crippen molar-refractivity contribution in [2.24, 2.45) is 11.7 Å². The first-order chi connectivity index (χ1) is 7.09. The van der Waals surface area contributed by atoms with E-state index in [2.05, 4.69) is 29.9 Å². The van der Waals surface area contributed by atoms with Gasteiger partial charge in [0.25, 0.3) is 0 Å². The number of aryl methyl sites for hydroxylation is 1. The molecular formula is C12H20N2S. The second kappa shape index (κ2) is 4.24. The lowest BCUT2D eigenvalue weighted by Crippen LogP contribution is -2.47. The third-order valence-corrected chi connectivity index (χ3v) is 4.20. The normalized spacial score (nSPS) is 20.2. The minimum Gasteiger partial charge on any atom is -0.324 e. The summed E-state index contributed by atoms with van der Waals surface area (Å²) in [5, 5.41) is 7.88. The first-order valence-electron chi connectivity index (χ1n) is 5.61. The molecule has 0 radical (unpaired) electrons. The molecule has 0 aromatic carbocycles. The molecule has 0 aliphatic heterocycles. The highest BCUT2D eigenvalue weighted by atomic mass is 32.1. The molecule has 1 aromatic rings. The van der Waals surface area contributed by atoms with Crippen molar-refractivity contribution in [3.8, 4) is 0 Å². The molecule has 1 saturated carbocycles. The fourth-order valence-electron chi connectivity index (χ4n) is 1.92. The van der Waals surface area contributed by atoms with Crippen LogP contribution in [0.5, 0.6) is 0 Å². The van der Waals surface area contributed by atoms with Gasteiger partial charge in [-0.15, -0.1) is 0 Å². The molecule has 0 spiro atoms. The highest BCUT2D eigenvalue weighted by Crippen LogP contribution is 2.37. The standard InChI is InChI=1S/C12H20N2S/c1-9-6-15-7-10(9)5-14-8-12(2,13)11-3-4-11/h6-7,11,14H,3-5,8,13H2,1-2H3. The molecule has 1 atom stereocenters. The third-order valence-electron chi connectivity index (χ3n) is 3.29. The summed E-state index contributed by atoms with van der Waals surface area (Å²) in [6, 6.07) is 0. The fraction of sp³-hybridized carbons (Fsp3) is 0.667. The van der Waals surface area contributed by atoms with Crippen LogP contribution in [-0.4, -0.2) is 12.1 Å². The zero-order chi connectivity index (χ0) is 10.9. The van der Waals surface area contributed by atoms with E-state index in [-0.39, 0.29) is 5.54 Å². The maximum absolute atomic E-state index is 6.24. The Morgan fingerprint density at radius 1 is 1.53 bits per heavy atom. The van der Waals surface area contributed by atoms with Gasteiger partial charge in [0.2, 0.25) is 0 Å². The van der Waals surface area contributed by atoms with Crippen LogP contribution in [0.25, 0.3) is 0 Å². The van der Waals surface area contributed by atoms with Crippen molar-refractivity contribution >= 4 is 11.3 Å². The second-order valence-electron chi connectivity index (χ2n) is 4.96. The maximum atomic E-state index is 6.24. The zero-order valence-corrected chi connectivity index (χ0v) is 10.4. The van der Waals surface area contributed by atoms with Gasteiger partial charge in [0.05, 0.1) is 0 Å². The number of nitrogens with two attached hydrogens (primary N) is 1. The fourth-order valence-corrected chi connectivity index (χ4v) is 2.78. The summed E-state index contributed by atoms with van der Waals surface area (Å²) in [7, 11) is 0. The van der Waals surface area contributed by atoms with Gasteiger partial charge in [-0.25, -0.2) is 0 Å². The Labute approximate surface area is 95.9 Å². The van der Waals surface area contributed by atoms with Gasteiger partial charge in [-0.05, 0) is 54.5 Å². The molecule has 1 fully saturated rings. The van der Waals surface area contributed by atoms with Crippen LogP contribution in [-0.2, 0) is 6.54 Å². The van der Waals surface area contributed by atoms with Gasteiger partial charge in [0, 0.05) is 18.6 Å². The van der Waals surface area contributed by atoms with E-state index in [1.54, 1.807) is 11.3 Å². The molecule has 2 rings (SSSR count). The van der Waals surface area contributed by atoms with Gasteiger partial charge in [0.1, 0.15) is 0 Å². The highest BCUT2D eigenvalue weighted by molar-refractivity contribution is 7.08. The van der Waals surface area contributed by atoms with Gasteiger partial charge in [0.15, 0.2) is 0 Å². The van der Waals surface area contributed by atoms with Gasteiger partial charge >= 0.3 is 0 Å². The first kappa shape index (κ1) is 11.1. The average molecular weight is 224 g/mol. The number of rotatable bonds is 5. The van der Waals surface area contributed by atoms with Crippen molar-refractivity contribution < 1.29 is 0 Å². The van der Waals surface area contributed by atoms with E-state index in [0.717, 1.165) is 19.0 Å². The van der Waals surface area contributed by atoms with Crippen molar-refractivity contribution in [3.63, 3.8) is 0 Å². The van der Waals surface area contributed by atoms with Crippen molar-refractivity contribution in [2.45, 2.75) is 38.8 Å². The number of nitrogens with one attached hydrogen (secondary N) is 1. The van der Waals surface area contributed by atoms with Crippen LogP contribution >= 0.6 is 11.3 Å². The Morgan fingerprint density at radius 2 is 2.27 bits per heavy atom. The van der Waals surface area contributed by atoms with Crippen LogP contribution in [0, 0.1) is 12.8 Å². The molecule has 1 aromatic heterocycles. The molecule has 15 heavy (non-hydrogen) atoms. The van der Waals surface area contributed by atoms with E-state index >= 15 is 0 Å². The first-order valence-corrected chi connectivity index (χ1v) is 6.55. The summed E-state index contributed by atoms with van der Waals surface area (Å²) in [6.45, 7) is 6.20. The molecule has 84 valence electrons. The smallest absolute Gasteiger partial charge is 0.0280 e. The molecule has 1 aliphatic rings. The summed E-state index contributed by atoms with van der Waals surface area (Å²) in [6.07, 6.45) is 2.62. The predicted molar refractivity (Wildman–Crippen MR) is 66.1 cm³/mol. The van der Waals surface area contributed by atoms with Crippen LogP contribution in [0.4, 0.5) is 0 Å². The van der Waals surface area contributed by atoms with Gasteiger partial charge < -0.3 is 11.1 Å². The van der Waals surface area contributed by atoms with E-state index in [9.17, 15) is 0 Å². The third kappa shape index (κ3) is 2.80. The zero-order valence-electron chi connectivity index (χ0n) is 9.55. The lowest BCUT2D eigenvalue weighted by molar-refractivity contribution is 0.380. The molecule has 0 bridgehead atoms. The molecule has 0 amide bonds. The molecular weight excluding hydrogens is 204 g/mol. The molecule has 1 unspecified atom stereocenters. The Hall–Kier alpha value is -0.380. The number of hydrogen-bond donors (Lipinski definition) is 2. The second-order valence-corrected chi connectivity index (χ2v) is 5.71. The van der Waals surface area contributed by atoms with Crippen LogP contribution in [0.1, 0.15) is 30.9 Å². The molecule has 0 saturated heterocycles. The summed E-state index contributed by atoms with van der Waals surface area (Å²) in [4.78, 5) is 0. The minimum atomic E-state index is -0.00999. The van der Waals surface area contributed by atoms with Crippen LogP contribution in [0.3, 0.4) is 0 Å². The van der Waals surface area contributed by atoms with Crippen LogP contribution < -0.4 is 11.1 Å². The molecule has 3 heteroatoms. The Bertz CT molecular complexity index is 326. The van der Waals surface area contributed by atoms with Crippen molar-refractivity contribution in [1.29, 1.82) is 0 Å². The summed E-state index contributed by atoms with van der Waals surface area (Å²) < 4.78 is 0. The number of hydrogen-bond acceptors (Lipinski definition) is 3. The topological polar surface area (TPSA) is 38.0 Å².